The molecule has 4 rings (SSSR count). The summed E-state index contributed by atoms with van der Waals surface area (Å²) in [5.74, 6) is -12.6. The highest BCUT2D eigenvalue weighted by molar-refractivity contribution is 8.00. The van der Waals surface area contributed by atoms with Gasteiger partial charge in [0.2, 0.25) is 5.91 Å². The summed E-state index contributed by atoms with van der Waals surface area (Å²) in [7, 11) is 0. The van der Waals surface area contributed by atoms with Crippen LogP contribution in [0.1, 0.15) is 40.4 Å². The second kappa shape index (κ2) is 15.2. The predicted octanol–water partition coefficient (Wildman–Crippen LogP) is 8.49. The topological polar surface area (TPSA) is 87.3 Å². The fourth-order valence-electron chi connectivity index (χ4n) is 4.37. The summed E-state index contributed by atoms with van der Waals surface area (Å²) in [5, 5.41) is 5.81. The van der Waals surface area contributed by atoms with Gasteiger partial charge in [-0.1, -0.05) is 55.5 Å². The number of amides is 3. The highest BCUT2D eigenvalue weighted by Crippen LogP contribution is 2.39. The first-order chi connectivity index (χ1) is 22.7. The largest absolute Gasteiger partial charge is 0.422 e. The number of alkyl halides is 3. The average molecular weight is 690 g/mol. The van der Waals surface area contributed by atoms with Gasteiger partial charge in [0.1, 0.15) is 16.9 Å². The maximum atomic E-state index is 14.4. The summed E-state index contributed by atoms with van der Waals surface area (Å²) in [6, 6.07) is 21.4. The van der Waals surface area contributed by atoms with Gasteiger partial charge in [0, 0.05) is 16.1 Å². The summed E-state index contributed by atoms with van der Waals surface area (Å²) < 4.78 is 95.7. The van der Waals surface area contributed by atoms with Crippen LogP contribution in [0.15, 0.2) is 89.5 Å². The number of carbonyl (C=O) groups excluding carboxylic acids is 3. The molecule has 0 aliphatic heterocycles. The molecule has 0 fully saturated rings. The van der Waals surface area contributed by atoms with Crippen molar-refractivity contribution in [1.82, 2.24) is 5.32 Å². The molecule has 0 spiro atoms. The van der Waals surface area contributed by atoms with Crippen molar-refractivity contribution in [3.8, 4) is 0 Å². The van der Waals surface area contributed by atoms with E-state index in [1.54, 1.807) is 47.8 Å². The third kappa shape index (κ3) is 8.42. The Morgan fingerprint density at radius 3 is 2.04 bits per heavy atom. The fourth-order valence-corrected chi connectivity index (χ4v) is 5.39. The zero-order valence-corrected chi connectivity index (χ0v) is 26.0. The van der Waals surface area contributed by atoms with Gasteiger partial charge in [0.05, 0.1) is 5.25 Å². The van der Waals surface area contributed by atoms with Crippen LogP contribution < -0.4 is 16.0 Å². The summed E-state index contributed by atoms with van der Waals surface area (Å²) in [6.45, 7) is 3.34. The normalized spacial score (nSPS) is 12.3. The van der Waals surface area contributed by atoms with Gasteiger partial charge in [-0.3, -0.25) is 14.4 Å². The third-order valence-corrected chi connectivity index (χ3v) is 8.20. The van der Waals surface area contributed by atoms with E-state index in [0.717, 1.165) is 17.3 Å². The number of carbonyl (C=O) groups is 3. The van der Waals surface area contributed by atoms with E-state index in [2.05, 4.69) is 10.6 Å². The monoisotopic (exact) mass is 689 g/mol. The van der Waals surface area contributed by atoms with E-state index in [-0.39, 0.29) is 17.8 Å². The second-order valence-electron chi connectivity index (χ2n) is 10.2. The Kier molecular flexibility index (Phi) is 11.3. The average Bonchev–Trinajstić information content (AvgIpc) is 3.05. The number of thioether (sulfide) groups is 1. The Labute approximate surface area is 274 Å². The van der Waals surface area contributed by atoms with E-state index in [4.69, 9.17) is 0 Å². The Hall–Kier alpha value is -5.11. The van der Waals surface area contributed by atoms with Gasteiger partial charge in [-0.2, -0.15) is 13.2 Å². The zero-order valence-electron chi connectivity index (χ0n) is 25.1. The van der Waals surface area contributed by atoms with Crippen LogP contribution in [-0.2, 0) is 15.8 Å². The van der Waals surface area contributed by atoms with Gasteiger partial charge in [-0.15, -0.1) is 11.8 Å². The summed E-state index contributed by atoms with van der Waals surface area (Å²) >= 11 is 0.846. The molecule has 1 atom stereocenters. The molecule has 0 bridgehead atoms. The van der Waals surface area contributed by atoms with Crippen molar-refractivity contribution in [2.24, 2.45) is 0 Å². The van der Waals surface area contributed by atoms with Crippen molar-refractivity contribution < 1.29 is 45.1 Å². The zero-order chi connectivity index (χ0) is 35.2. The highest BCUT2D eigenvalue weighted by Gasteiger charge is 2.42. The number of rotatable bonds is 10. The summed E-state index contributed by atoms with van der Waals surface area (Å²) in [4.78, 5) is 39.6. The quantitative estimate of drug-likeness (QED) is 0.0675. The van der Waals surface area contributed by atoms with Crippen LogP contribution in [0.25, 0.3) is 6.08 Å². The van der Waals surface area contributed by atoms with Gasteiger partial charge in [-0.25, -0.2) is 17.6 Å². The molecule has 4 aromatic carbocycles. The lowest BCUT2D eigenvalue weighted by atomic mass is 10.1. The minimum absolute atomic E-state index is 0.0107. The molecule has 250 valence electrons. The van der Waals surface area contributed by atoms with Crippen LogP contribution in [0.4, 0.5) is 42.1 Å². The van der Waals surface area contributed by atoms with E-state index in [1.165, 1.54) is 37.3 Å². The van der Waals surface area contributed by atoms with Crippen LogP contribution in [-0.4, -0.2) is 23.0 Å². The molecule has 6 nitrogen and oxygen atoms in total. The van der Waals surface area contributed by atoms with E-state index >= 15 is 0 Å². The molecule has 0 heterocycles. The molecule has 4 aromatic rings. The lowest BCUT2D eigenvalue weighted by Gasteiger charge is -2.18. The van der Waals surface area contributed by atoms with Crippen molar-refractivity contribution in [3.63, 3.8) is 0 Å². The van der Waals surface area contributed by atoms with E-state index in [0.29, 0.717) is 16.0 Å². The molecular weight excluding hydrogens is 663 g/mol. The van der Waals surface area contributed by atoms with Crippen molar-refractivity contribution in [2.75, 3.05) is 10.6 Å². The molecule has 0 radical (unpaired) electrons. The van der Waals surface area contributed by atoms with Gasteiger partial charge in [0.15, 0.2) is 23.3 Å². The van der Waals surface area contributed by atoms with Crippen molar-refractivity contribution in [2.45, 2.75) is 36.6 Å². The molecule has 1 unspecified atom stereocenters. The van der Waals surface area contributed by atoms with E-state index in [9.17, 15) is 45.1 Å². The van der Waals surface area contributed by atoms with Crippen LogP contribution in [0.2, 0.25) is 0 Å². The molecular formula is C34H26F7N3O3S. The van der Waals surface area contributed by atoms with Crippen LogP contribution in [0, 0.1) is 30.2 Å². The molecule has 0 aromatic heterocycles. The van der Waals surface area contributed by atoms with Gasteiger partial charge in [-0.05, 0) is 60.9 Å². The Morgan fingerprint density at radius 2 is 1.44 bits per heavy atom. The maximum absolute atomic E-state index is 14.4. The maximum Gasteiger partial charge on any atom is 0.422 e. The van der Waals surface area contributed by atoms with Gasteiger partial charge >= 0.3 is 6.18 Å². The summed E-state index contributed by atoms with van der Waals surface area (Å²) in [5.41, 5.74) is -2.50. The van der Waals surface area contributed by atoms with Crippen molar-refractivity contribution in [3.05, 3.63) is 130 Å². The first kappa shape index (κ1) is 35.7. The lowest BCUT2D eigenvalue weighted by molar-refractivity contribution is -0.143. The smallest absolute Gasteiger partial charge is 0.321 e. The van der Waals surface area contributed by atoms with Gasteiger partial charge < -0.3 is 16.0 Å². The van der Waals surface area contributed by atoms with Crippen molar-refractivity contribution >= 4 is 46.9 Å². The minimum Gasteiger partial charge on any atom is -0.321 e. The second-order valence-corrected chi connectivity index (χ2v) is 11.5. The van der Waals surface area contributed by atoms with E-state index in [1.807, 2.05) is 19.1 Å². The third-order valence-electron chi connectivity index (χ3n) is 6.85. The standard InChI is InChI=1S/C34H26F7N3O3S/c1-3-24(33(47)44-30-28(37)26(35)25(34(39,40)41)27(36)29(30)38)48-22-15-9-14-21(17-22)42-32(46)23(16-20-13-8-7-10-18(20)2)43-31(45)19-11-5-4-6-12-19/h4-17,24H,3H2,1-2H3,(H,42,46)(H,43,45)(H,44,47)/b23-16-. The van der Waals surface area contributed by atoms with Crippen LogP contribution in [0.3, 0.4) is 0 Å². The Morgan fingerprint density at radius 1 is 0.812 bits per heavy atom. The number of nitrogens with one attached hydrogen (secondary N) is 3. The lowest BCUT2D eigenvalue weighted by Crippen LogP contribution is -2.30. The van der Waals surface area contributed by atoms with E-state index < -0.39 is 63.7 Å². The first-order valence-corrected chi connectivity index (χ1v) is 15.0. The molecule has 14 heteroatoms. The molecule has 0 saturated heterocycles. The van der Waals surface area contributed by atoms with Gasteiger partial charge in [0.25, 0.3) is 11.8 Å². The fraction of sp³-hybridized carbons (Fsp3) is 0.147. The molecule has 0 saturated carbocycles. The Bertz CT molecular complexity index is 1850. The first-order valence-electron chi connectivity index (χ1n) is 14.2. The van der Waals surface area contributed by atoms with Crippen LogP contribution >= 0.6 is 11.8 Å². The molecule has 0 aliphatic rings. The molecule has 3 N–H and O–H groups in total. The molecule has 0 aliphatic carbocycles. The number of aryl methyl sites for hydroxylation is 1. The number of hydrogen-bond acceptors (Lipinski definition) is 4. The van der Waals surface area contributed by atoms with Crippen molar-refractivity contribution in [1.29, 1.82) is 0 Å². The number of halogens is 7. The minimum atomic E-state index is -5.73. The number of hydrogen-bond donors (Lipinski definition) is 3. The highest BCUT2D eigenvalue weighted by atomic mass is 32.2. The summed E-state index contributed by atoms with van der Waals surface area (Å²) in [6.07, 6.45) is -4.21. The molecule has 48 heavy (non-hydrogen) atoms. The Balaban J connectivity index is 1.54. The molecule has 3 amide bonds. The predicted molar refractivity (Wildman–Crippen MR) is 168 cm³/mol. The van der Waals surface area contributed by atoms with Crippen LogP contribution in [0.5, 0.6) is 0 Å². The number of anilines is 2. The number of benzene rings is 4. The SMILES string of the molecule is CCC(Sc1cccc(NC(=O)/C(=C/c2ccccc2C)NC(=O)c2ccccc2)c1)C(=O)Nc1c(F)c(F)c(C(F)(F)F)c(F)c1F.